The Morgan fingerprint density at radius 3 is 2.42 bits per heavy atom. The second-order valence-electron chi connectivity index (χ2n) is 3.69. The molecule has 98 valence electrons. The topological polar surface area (TPSA) is 97.0 Å². The second-order valence-corrected chi connectivity index (χ2v) is 3.69. The van der Waals surface area contributed by atoms with Crippen LogP contribution < -0.4 is 10.2 Å². The third kappa shape index (κ3) is 2.42. The first kappa shape index (κ1) is 12.7. The highest BCUT2D eigenvalue weighted by Gasteiger charge is 2.16. The van der Waals surface area contributed by atoms with Gasteiger partial charge in [-0.2, -0.15) is 0 Å². The van der Waals surface area contributed by atoms with Gasteiger partial charge in [0.25, 0.3) is 0 Å². The molecule has 0 aliphatic heterocycles. The van der Waals surface area contributed by atoms with Crippen LogP contribution in [0.5, 0.6) is 11.5 Å². The molecule has 2 aromatic rings. The third-order valence-electron chi connectivity index (χ3n) is 2.49. The van der Waals surface area contributed by atoms with Crippen LogP contribution in [0.3, 0.4) is 0 Å². The number of aromatic hydroxyl groups is 1. The van der Waals surface area contributed by atoms with E-state index in [4.69, 9.17) is 14.3 Å². The molecule has 0 bridgehead atoms. The summed E-state index contributed by atoms with van der Waals surface area (Å²) in [7, 11) is 1.50. The van der Waals surface area contributed by atoms with Gasteiger partial charge >= 0.3 is 5.97 Å². The van der Waals surface area contributed by atoms with Gasteiger partial charge in [-0.1, -0.05) is 0 Å². The van der Waals surface area contributed by atoms with Crippen LogP contribution in [0.4, 0.5) is 0 Å². The average molecular weight is 262 g/mol. The van der Waals surface area contributed by atoms with Gasteiger partial charge in [0.05, 0.1) is 7.11 Å². The van der Waals surface area contributed by atoms with Crippen molar-refractivity contribution in [3.63, 3.8) is 0 Å². The van der Waals surface area contributed by atoms with Crippen LogP contribution in [0.25, 0.3) is 11.3 Å². The lowest BCUT2D eigenvalue weighted by atomic mass is 10.1. The van der Waals surface area contributed by atoms with Gasteiger partial charge in [-0.25, -0.2) is 4.79 Å². The van der Waals surface area contributed by atoms with Gasteiger partial charge in [0.1, 0.15) is 5.75 Å². The van der Waals surface area contributed by atoms with Crippen LogP contribution in [0.1, 0.15) is 10.6 Å². The van der Waals surface area contributed by atoms with Gasteiger partial charge < -0.3 is 19.4 Å². The fraction of sp³-hybridized carbons (Fsp3) is 0.0769. The molecule has 0 spiro atoms. The molecule has 1 aromatic carbocycles. The van der Waals surface area contributed by atoms with Crippen molar-refractivity contribution >= 4 is 5.97 Å². The first-order chi connectivity index (χ1) is 9.02. The molecule has 2 N–H and O–H groups in total. The van der Waals surface area contributed by atoms with E-state index < -0.39 is 22.9 Å². The lowest BCUT2D eigenvalue weighted by molar-refractivity contribution is 0.0660. The molecular weight excluding hydrogens is 252 g/mol. The number of benzene rings is 1. The van der Waals surface area contributed by atoms with Crippen LogP contribution in [0.15, 0.2) is 39.5 Å². The number of methoxy groups -OCH3 is 1. The average Bonchev–Trinajstić information content (AvgIpc) is 2.41. The number of carbonyl (C=O) groups is 1. The normalized spacial score (nSPS) is 10.2. The van der Waals surface area contributed by atoms with E-state index in [2.05, 4.69) is 0 Å². The summed E-state index contributed by atoms with van der Waals surface area (Å²) < 4.78 is 9.99. The molecule has 0 saturated carbocycles. The lowest BCUT2D eigenvalue weighted by Gasteiger charge is -2.05. The van der Waals surface area contributed by atoms with E-state index >= 15 is 0 Å². The second kappa shape index (κ2) is 4.85. The first-order valence-electron chi connectivity index (χ1n) is 5.27. The summed E-state index contributed by atoms with van der Waals surface area (Å²) in [5, 5.41) is 18.5. The molecule has 19 heavy (non-hydrogen) atoms. The zero-order chi connectivity index (χ0) is 14.0. The third-order valence-corrected chi connectivity index (χ3v) is 2.49. The van der Waals surface area contributed by atoms with Crippen molar-refractivity contribution in [3.8, 4) is 22.8 Å². The van der Waals surface area contributed by atoms with Gasteiger partial charge in [0.15, 0.2) is 5.76 Å². The Morgan fingerprint density at radius 1 is 1.26 bits per heavy atom. The summed E-state index contributed by atoms with van der Waals surface area (Å²) in [4.78, 5) is 22.3. The van der Waals surface area contributed by atoms with Gasteiger partial charge in [0.2, 0.25) is 16.9 Å². The van der Waals surface area contributed by atoms with Crippen LogP contribution >= 0.6 is 0 Å². The fourth-order valence-electron chi connectivity index (χ4n) is 1.53. The van der Waals surface area contributed by atoms with Gasteiger partial charge in [-0.05, 0) is 24.3 Å². The number of carboxylic acids is 1. The highest BCUT2D eigenvalue weighted by Crippen LogP contribution is 2.28. The van der Waals surface area contributed by atoms with E-state index in [1.165, 1.54) is 7.11 Å². The van der Waals surface area contributed by atoms with Gasteiger partial charge in [0, 0.05) is 11.6 Å². The molecule has 6 nitrogen and oxygen atoms in total. The van der Waals surface area contributed by atoms with E-state index in [-0.39, 0.29) is 5.76 Å². The predicted octanol–water partition coefficient (Wildman–Crippen LogP) is 1.72. The van der Waals surface area contributed by atoms with Crippen molar-refractivity contribution < 1.29 is 24.2 Å². The number of aromatic carboxylic acids is 1. The van der Waals surface area contributed by atoms with Gasteiger partial charge in [-0.3, -0.25) is 4.79 Å². The Bertz CT molecular complexity index is 669. The quantitative estimate of drug-likeness (QED) is 0.874. The molecule has 1 aromatic heterocycles. The molecule has 0 radical (unpaired) electrons. The highest BCUT2D eigenvalue weighted by molar-refractivity contribution is 5.85. The Morgan fingerprint density at radius 2 is 1.89 bits per heavy atom. The molecular formula is C13H10O6. The molecule has 0 fully saturated rings. The molecule has 6 heteroatoms. The molecule has 1 heterocycles. The van der Waals surface area contributed by atoms with Crippen molar-refractivity contribution in [2.24, 2.45) is 0 Å². The molecule has 0 unspecified atom stereocenters. The Balaban J connectivity index is 2.59. The lowest BCUT2D eigenvalue weighted by Crippen LogP contribution is -2.06. The Hall–Kier alpha value is -2.76. The van der Waals surface area contributed by atoms with Crippen molar-refractivity contribution in [3.05, 3.63) is 46.3 Å². The summed E-state index contributed by atoms with van der Waals surface area (Å²) in [6, 6.07) is 7.01. The number of hydrogen-bond donors (Lipinski definition) is 2. The predicted molar refractivity (Wildman–Crippen MR) is 65.6 cm³/mol. The summed E-state index contributed by atoms with van der Waals surface area (Å²) in [6.07, 6.45) is 0. The van der Waals surface area contributed by atoms with Gasteiger partial charge in [-0.15, -0.1) is 0 Å². The Labute approximate surface area is 107 Å². The number of hydrogen-bond acceptors (Lipinski definition) is 5. The van der Waals surface area contributed by atoms with Crippen molar-refractivity contribution in [2.45, 2.75) is 0 Å². The van der Waals surface area contributed by atoms with Crippen LogP contribution in [-0.4, -0.2) is 23.3 Å². The van der Waals surface area contributed by atoms with E-state index in [1.807, 2.05) is 0 Å². The maximum atomic E-state index is 11.5. The Kier molecular flexibility index (Phi) is 3.24. The summed E-state index contributed by atoms with van der Waals surface area (Å²) in [5.74, 6) is -2.15. The summed E-state index contributed by atoms with van der Waals surface area (Å²) in [5.41, 5.74) is -0.437. The maximum absolute atomic E-state index is 11.5. The van der Waals surface area contributed by atoms with E-state index in [1.54, 1.807) is 24.3 Å². The van der Waals surface area contributed by atoms with Crippen molar-refractivity contribution in [1.29, 1.82) is 0 Å². The van der Waals surface area contributed by atoms with Crippen molar-refractivity contribution in [2.75, 3.05) is 7.11 Å². The van der Waals surface area contributed by atoms with Crippen LogP contribution in [0.2, 0.25) is 0 Å². The molecule has 0 aliphatic rings. The monoisotopic (exact) mass is 262 g/mol. The standard InChI is InChI=1S/C13H10O6/c1-18-8-4-2-7(3-5-8)12-11(15)9(14)6-10(19-12)13(16)17/h2-6,15H,1H3,(H,16,17). The number of carboxylic acid groups (broad SMARTS) is 1. The van der Waals surface area contributed by atoms with E-state index in [0.717, 1.165) is 6.07 Å². The summed E-state index contributed by atoms with van der Waals surface area (Å²) in [6.45, 7) is 0. The number of rotatable bonds is 3. The largest absolute Gasteiger partial charge is 0.502 e. The zero-order valence-electron chi connectivity index (χ0n) is 9.91. The molecule has 2 rings (SSSR count). The smallest absolute Gasteiger partial charge is 0.371 e. The van der Waals surface area contributed by atoms with E-state index in [9.17, 15) is 14.7 Å². The van der Waals surface area contributed by atoms with Crippen LogP contribution in [0, 0.1) is 0 Å². The minimum atomic E-state index is -1.38. The minimum absolute atomic E-state index is 0.187. The molecule has 0 atom stereocenters. The SMILES string of the molecule is COc1ccc(-c2oc(C(=O)O)cc(=O)c2O)cc1. The molecule has 0 aliphatic carbocycles. The molecule has 0 amide bonds. The number of ether oxygens (including phenoxy) is 1. The fourth-order valence-corrected chi connectivity index (χ4v) is 1.53. The van der Waals surface area contributed by atoms with Crippen LogP contribution in [-0.2, 0) is 0 Å². The maximum Gasteiger partial charge on any atom is 0.371 e. The first-order valence-corrected chi connectivity index (χ1v) is 5.27. The highest BCUT2D eigenvalue weighted by atomic mass is 16.5. The van der Waals surface area contributed by atoms with E-state index in [0.29, 0.717) is 11.3 Å². The molecule has 0 saturated heterocycles. The minimum Gasteiger partial charge on any atom is -0.502 e. The van der Waals surface area contributed by atoms with Crippen molar-refractivity contribution in [1.82, 2.24) is 0 Å². The summed E-state index contributed by atoms with van der Waals surface area (Å²) >= 11 is 0. The zero-order valence-corrected chi connectivity index (χ0v) is 9.91.